The number of nitrogens with one attached hydrogen (secondary N) is 1. The van der Waals surface area contributed by atoms with Gasteiger partial charge < -0.3 is 10.4 Å². The SMILES string of the molecule is CS(=O)(=O)c1ccc(NC(=O)C2CCC(C(=O)O)C2)cn1. The summed E-state index contributed by atoms with van der Waals surface area (Å²) in [4.78, 5) is 26.7. The summed E-state index contributed by atoms with van der Waals surface area (Å²) in [6, 6.07) is 2.78. The van der Waals surface area contributed by atoms with E-state index in [-0.39, 0.29) is 16.9 Å². The van der Waals surface area contributed by atoms with Crippen molar-refractivity contribution >= 4 is 27.4 Å². The molecule has 2 N–H and O–H groups in total. The van der Waals surface area contributed by atoms with E-state index in [2.05, 4.69) is 10.3 Å². The molecule has 2 rings (SSSR count). The molecule has 2 atom stereocenters. The Hall–Kier alpha value is -1.96. The third-order valence-electron chi connectivity index (χ3n) is 3.54. The fraction of sp³-hybridized carbons (Fsp3) is 0.462. The zero-order valence-electron chi connectivity index (χ0n) is 11.4. The number of aromatic nitrogens is 1. The van der Waals surface area contributed by atoms with Gasteiger partial charge in [-0.05, 0) is 31.4 Å². The molecule has 8 heteroatoms. The predicted molar refractivity (Wildman–Crippen MR) is 74.4 cm³/mol. The van der Waals surface area contributed by atoms with Crippen molar-refractivity contribution in [2.75, 3.05) is 11.6 Å². The zero-order chi connectivity index (χ0) is 15.6. The van der Waals surface area contributed by atoms with Crippen molar-refractivity contribution < 1.29 is 23.1 Å². The summed E-state index contributed by atoms with van der Waals surface area (Å²) in [5.41, 5.74) is 0.395. The Kier molecular flexibility index (Phi) is 4.26. The van der Waals surface area contributed by atoms with E-state index in [4.69, 9.17) is 5.11 Å². The number of rotatable bonds is 4. The highest BCUT2D eigenvalue weighted by atomic mass is 32.2. The molecule has 0 spiro atoms. The van der Waals surface area contributed by atoms with Crippen molar-refractivity contribution in [2.24, 2.45) is 11.8 Å². The van der Waals surface area contributed by atoms with Gasteiger partial charge in [-0.3, -0.25) is 9.59 Å². The van der Waals surface area contributed by atoms with Gasteiger partial charge >= 0.3 is 5.97 Å². The first kappa shape index (κ1) is 15.4. The highest BCUT2D eigenvalue weighted by Gasteiger charge is 2.33. The van der Waals surface area contributed by atoms with Crippen LogP contribution in [0, 0.1) is 11.8 Å². The van der Waals surface area contributed by atoms with Gasteiger partial charge in [0.25, 0.3) is 0 Å². The second-order valence-electron chi connectivity index (χ2n) is 5.19. The number of anilines is 1. The van der Waals surface area contributed by atoms with Gasteiger partial charge in [0.1, 0.15) is 0 Å². The standard InChI is InChI=1S/C13H16N2O5S/c1-21(19,20)11-5-4-10(7-14-11)15-12(16)8-2-3-9(6-8)13(17)18/h4-5,7-9H,2-3,6H2,1H3,(H,15,16)(H,17,18). The summed E-state index contributed by atoms with van der Waals surface area (Å²) in [6.07, 6.45) is 3.70. The number of carboxylic acids is 1. The van der Waals surface area contributed by atoms with Gasteiger partial charge in [0.2, 0.25) is 5.91 Å². The summed E-state index contributed by atoms with van der Waals surface area (Å²) in [5, 5.41) is 11.5. The van der Waals surface area contributed by atoms with Crippen LogP contribution in [0.15, 0.2) is 23.4 Å². The van der Waals surface area contributed by atoms with E-state index >= 15 is 0 Å². The summed E-state index contributed by atoms with van der Waals surface area (Å²) in [6.45, 7) is 0. The molecule has 114 valence electrons. The van der Waals surface area contributed by atoms with Crippen molar-refractivity contribution in [1.82, 2.24) is 4.98 Å². The molecule has 1 amide bonds. The van der Waals surface area contributed by atoms with Crippen LogP contribution in [-0.4, -0.2) is 36.6 Å². The molecule has 1 aromatic rings. The second-order valence-corrected chi connectivity index (χ2v) is 7.15. The van der Waals surface area contributed by atoms with Gasteiger partial charge in [-0.25, -0.2) is 13.4 Å². The van der Waals surface area contributed by atoms with Crippen molar-refractivity contribution in [1.29, 1.82) is 0 Å². The number of hydrogen-bond donors (Lipinski definition) is 2. The van der Waals surface area contributed by atoms with Gasteiger partial charge in [0.15, 0.2) is 14.9 Å². The smallest absolute Gasteiger partial charge is 0.306 e. The molecule has 1 aliphatic rings. The molecule has 0 radical (unpaired) electrons. The minimum atomic E-state index is -3.37. The van der Waals surface area contributed by atoms with Gasteiger partial charge in [0.05, 0.1) is 17.8 Å². The number of amides is 1. The lowest BCUT2D eigenvalue weighted by atomic mass is 10.0. The number of nitrogens with zero attached hydrogens (tertiary/aromatic N) is 1. The molecule has 0 aromatic carbocycles. The van der Waals surface area contributed by atoms with Crippen LogP contribution in [0.4, 0.5) is 5.69 Å². The largest absolute Gasteiger partial charge is 0.481 e. The average Bonchev–Trinajstić information content (AvgIpc) is 2.88. The maximum absolute atomic E-state index is 12.0. The molecular formula is C13H16N2O5S. The monoisotopic (exact) mass is 312 g/mol. The van der Waals surface area contributed by atoms with Gasteiger partial charge in [0, 0.05) is 12.2 Å². The quantitative estimate of drug-likeness (QED) is 0.854. The summed E-state index contributed by atoms with van der Waals surface area (Å²) in [7, 11) is -3.37. The zero-order valence-corrected chi connectivity index (χ0v) is 12.3. The van der Waals surface area contributed by atoms with Crippen LogP contribution >= 0.6 is 0 Å². The fourth-order valence-electron chi connectivity index (χ4n) is 2.36. The van der Waals surface area contributed by atoms with E-state index < -0.39 is 21.7 Å². The van der Waals surface area contributed by atoms with Gasteiger partial charge in [-0.2, -0.15) is 0 Å². The second kappa shape index (κ2) is 5.80. The summed E-state index contributed by atoms with van der Waals surface area (Å²) in [5.74, 6) is -1.93. The average molecular weight is 312 g/mol. The minimum Gasteiger partial charge on any atom is -0.481 e. The van der Waals surface area contributed by atoms with Gasteiger partial charge in [-0.15, -0.1) is 0 Å². The molecule has 1 saturated carbocycles. The molecule has 21 heavy (non-hydrogen) atoms. The Labute approximate surface area is 122 Å². The van der Waals surface area contributed by atoms with Crippen molar-refractivity contribution in [3.05, 3.63) is 18.3 Å². The number of carbonyl (C=O) groups excluding carboxylic acids is 1. The van der Waals surface area contributed by atoms with Crippen LogP contribution in [-0.2, 0) is 19.4 Å². The normalized spacial score (nSPS) is 22.0. The summed E-state index contributed by atoms with van der Waals surface area (Å²) >= 11 is 0. The maximum Gasteiger partial charge on any atom is 0.306 e. The Bertz CT molecular complexity index is 654. The Morgan fingerprint density at radius 2 is 1.95 bits per heavy atom. The summed E-state index contributed by atoms with van der Waals surface area (Å²) < 4.78 is 22.5. The number of pyridine rings is 1. The van der Waals surface area contributed by atoms with E-state index in [1.54, 1.807) is 0 Å². The first-order valence-corrected chi connectivity index (χ1v) is 8.36. The topological polar surface area (TPSA) is 113 Å². The van der Waals surface area contributed by atoms with E-state index in [1.807, 2.05) is 0 Å². The van der Waals surface area contributed by atoms with Crippen LogP contribution in [0.25, 0.3) is 0 Å². The van der Waals surface area contributed by atoms with Crippen LogP contribution in [0.2, 0.25) is 0 Å². The number of aliphatic carboxylic acids is 1. The Morgan fingerprint density at radius 1 is 1.29 bits per heavy atom. The van der Waals surface area contributed by atoms with E-state index in [0.29, 0.717) is 24.9 Å². The molecule has 7 nitrogen and oxygen atoms in total. The van der Waals surface area contributed by atoms with Crippen LogP contribution < -0.4 is 5.32 Å². The third kappa shape index (κ3) is 3.78. The van der Waals surface area contributed by atoms with E-state index in [0.717, 1.165) is 6.26 Å². The van der Waals surface area contributed by atoms with Crippen molar-refractivity contribution in [3.63, 3.8) is 0 Å². The highest BCUT2D eigenvalue weighted by Crippen LogP contribution is 2.31. The number of carboxylic acid groups (broad SMARTS) is 1. The van der Waals surface area contributed by atoms with E-state index in [9.17, 15) is 18.0 Å². The molecule has 0 bridgehead atoms. The number of hydrogen-bond acceptors (Lipinski definition) is 5. The minimum absolute atomic E-state index is 0.0627. The first-order valence-electron chi connectivity index (χ1n) is 6.47. The molecule has 1 aromatic heterocycles. The predicted octanol–water partition coefficient (Wildman–Crippen LogP) is 0.925. The lowest BCUT2D eigenvalue weighted by Gasteiger charge is -2.10. The van der Waals surface area contributed by atoms with Crippen LogP contribution in [0.5, 0.6) is 0 Å². The Morgan fingerprint density at radius 3 is 2.43 bits per heavy atom. The van der Waals surface area contributed by atoms with E-state index in [1.165, 1.54) is 18.3 Å². The molecular weight excluding hydrogens is 296 g/mol. The number of carbonyl (C=O) groups is 2. The molecule has 2 unspecified atom stereocenters. The Balaban J connectivity index is 1.99. The lowest BCUT2D eigenvalue weighted by Crippen LogP contribution is -2.21. The van der Waals surface area contributed by atoms with Crippen molar-refractivity contribution in [2.45, 2.75) is 24.3 Å². The maximum atomic E-state index is 12.0. The fourth-order valence-corrected chi connectivity index (χ4v) is 2.92. The van der Waals surface area contributed by atoms with Crippen molar-refractivity contribution in [3.8, 4) is 0 Å². The van der Waals surface area contributed by atoms with Crippen LogP contribution in [0.3, 0.4) is 0 Å². The number of sulfone groups is 1. The van der Waals surface area contributed by atoms with Gasteiger partial charge in [-0.1, -0.05) is 0 Å². The lowest BCUT2D eigenvalue weighted by molar-refractivity contribution is -0.141. The third-order valence-corrected chi connectivity index (χ3v) is 4.54. The molecule has 0 aliphatic heterocycles. The first-order chi connectivity index (χ1) is 9.77. The van der Waals surface area contributed by atoms with Crippen LogP contribution in [0.1, 0.15) is 19.3 Å². The highest BCUT2D eigenvalue weighted by molar-refractivity contribution is 7.90. The molecule has 0 saturated heterocycles. The molecule has 1 fully saturated rings. The molecule has 1 aliphatic carbocycles. The molecule has 1 heterocycles.